The minimum Gasteiger partial charge on any atom is -0.481 e. The zero-order valence-electron chi connectivity index (χ0n) is 13.1. The number of rotatable bonds is 5. The van der Waals surface area contributed by atoms with Gasteiger partial charge in [0, 0.05) is 24.7 Å². The summed E-state index contributed by atoms with van der Waals surface area (Å²) in [6.45, 7) is 13.4. The van der Waals surface area contributed by atoms with Crippen molar-refractivity contribution in [2.45, 2.75) is 65.5 Å². The Balaban J connectivity index is 2.26. The lowest BCUT2D eigenvalue weighted by molar-refractivity contribution is -0.147. The highest BCUT2D eigenvalue weighted by molar-refractivity contribution is 5.73. The summed E-state index contributed by atoms with van der Waals surface area (Å²) < 4.78 is 0. The summed E-state index contributed by atoms with van der Waals surface area (Å²) in [6.07, 6.45) is 3.00. The van der Waals surface area contributed by atoms with Gasteiger partial charge in [0.1, 0.15) is 0 Å². The van der Waals surface area contributed by atoms with E-state index in [0.29, 0.717) is 12.5 Å². The van der Waals surface area contributed by atoms with Crippen molar-refractivity contribution in [3.63, 3.8) is 0 Å². The molecule has 0 aromatic carbocycles. The van der Waals surface area contributed by atoms with Crippen LogP contribution >= 0.6 is 0 Å². The van der Waals surface area contributed by atoms with Crippen LogP contribution in [0.3, 0.4) is 0 Å². The van der Waals surface area contributed by atoms with Gasteiger partial charge in [-0.15, -0.1) is 0 Å². The molecule has 1 saturated heterocycles. The summed E-state index contributed by atoms with van der Waals surface area (Å²) in [5, 5.41) is 12.6. The van der Waals surface area contributed by atoms with Gasteiger partial charge in [-0.2, -0.15) is 0 Å². The molecule has 0 atom stereocenters. The van der Waals surface area contributed by atoms with Crippen LogP contribution in [0.1, 0.15) is 53.9 Å². The molecular weight excluding hydrogens is 240 g/mol. The molecule has 0 aromatic rings. The van der Waals surface area contributed by atoms with Crippen LogP contribution in [-0.4, -0.2) is 47.2 Å². The lowest BCUT2D eigenvalue weighted by Crippen LogP contribution is -2.50. The third kappa shape index (κ3) is 5.11. The van der Waals surface area contributed by atoms with Crippen molar-refractivity contribution in [2.75, 3.05) is 19.6 Å². The summed E-state index contributed by atoms with van der Waals surface area (Å²) in [6, 6.07) is 0.545. The second kappa shape index (κ2) is 6.23. The number of likely N-dealkylation sites (tertiary alicyclic amines) is 1. The van der Waals surface area contributed by atoms with Gasteiger partial charge in [-0.1, -0.05) is 0 Å². The Morgan fingerprint density at radius 1 is 1.21 bits per heavy atom. The molecule has 1 aliphatic heterocycles. The number of aliphatic carboxylic acids is 1. The molecule has 1 heterocycles. The molecular formula is C15H30N2O2. The average Bonchev–Trinajstić information content (AvgIpc) is 2.28. The van der Waals surface area contributed by atoms with Crippen molar-refractivity contribution in [3.05, 3.63) is 0 Å². The third-order valence-corrected chi connectivity index (χ3v) is 4.21. The molecule has 0 saturated carbocycles. The lowest BCUT2D eigenvalue weighted by Gasteiger charge is -2.41. The summed E-state index contributed by atoms with van der Waals surface area (Å²) in [5.74, 6) is -0.711. The number of carboxylic acids is 1. The molecule has 1 aliphatic rings. The number of hydrogen-bond donors (Lipinski definition) is 2. The molecule has 2 N–H and O–H groups in total. The first kappa shape index (κ1) is 16.4. The SMILES string of the molecule is CC(C)(CCNC1CCN(C(C)(C)C)CC1)C(=O)O. The average molecular weight is 270 g/mol. The van der Waals surface area contributed by atoms with Crippen LogP contribution in [0, 0.1) is 5.41 Å². The van der Waals surface area contributed by atoms with Crippen molar-refractivity contribution in [3.8, 4) is 0 Å². The first-order chi connectivity index (χ1) is 8.63. The number of carboxylic acid groups (broad SMARTS) is 1. The predicted octanol–water partition coefficient (Wildman–Crippen LogP) is 2.34. The second-order valence-corrected chi connectivity index (χ2v) is 7.33. The van der Waals surface area contributed by atoms with Crippen LogP contribution < -0.4 is 5.32 Å². The van der Waals surface area contributed by atoms with E-state index >= 15 is 0 Å². The molecule has 0 aliphatic carbocycles. The number of carbonyl (C=O) groups is 1. The normalized spacial score (nSPS) is 19.6. The van der Waals surface area contributed by atoms with Crippen LogP contribution in [0.2, 0.25) is 0 Å². The molecule has 0 bridgehead atoms. The van der Waals surface area contributed by atoms with Crippen molar-refractivity contribution in [1.82, 2.24) is 10.2 Å². The minimum absolute atomic E-state index is 0.260. The summed E-state index contributed by atoms with van der Waals surface area (Å²) in [7, 11) is 0. The standard InChI is InChI=1S/C15H30N2O2/c1-14(2,3)17-10-6-12(7-11-17)16-9-8-15(4,5)13(18)19/h12,16H,6-11H2,1-5H3,(H,18,19). The van der Waals surface area contributed by atoms with E-state index in [0.717, 1.165) is 32.5 Å². The Morgan fingerprint density at radius 2 is 1.74 bits per heavy atom. The molecule has 1 rings (SSSR count). The Hall–Kier alpha value is -0.610. The number of nitrogens with one attached hydrogen (secondary N) is 1. The smallest absolute Gasteiger partial charge is 0.309 e. The van der Waals surface area contributed by atoms with Crippen molar-refractivity contribution >= 4 is 5.97 Å². The molecule has 1 fully saturated rings. The Kier molecular flexibility index (Phi) is 5.39. The highest BCUT2D eigenvalue weighted by Gasteiger charge is 2.29. The fraction of sp³-hybridized carbons (Fsp3) is 0.933. The van der Waals surface area contributed by atoms with Gasteiger partial charge in [0.25, 0.3) is 0 Å². The summed E-state index contributed by atoms with van der Waals surface area (Å²) in [5.41, 5.74) is -0.366. The predicted molar refractivity (Wildman–Crippen MR) is 78.4 cm³/mol. The Morgan fingerprint density at radius 3 is 2.16 bits per heavy atom. The lowest BCUT2D eigenvalue weighted by atomic mass is 9.89. The van der Waals surface area contributed by atoms with E-state index in [9.17, 15) is 4.79 Å². The summed E-state index contributed by atoms with van der Waals surface area (Å²) >= 11 is 0. The van der Waals surface area contributed by atoms with Crippen molar-refractivity contribution in [2.24, 2.45) is 5.41 Å². The van der Waals surface area contributed by atoms with Crippen molar-refractivity contribution < 1.29 is 9.90 Å². The molecule has 4 nitrogen and oxygen atoms in total. The highest BCUT2D eigenvalue weighted by atomic mass is 16.4. The Labute approximate surface area is 117 Å². The molecule has 0 spiro atoms. The first-order valence-corrected chi connectivity index (χ1v) is 7.35. The van der Waals surface area contributed by atoms with E-state index in [4.69, 9.17) is 5.11 Å². The second-order valence-electron chi connectivity index (χ2n) is 7.33. The van der Waals surface area contributed by atoms with Gasteiger partial charge in [0.05, 0.1) is 5.41 Å². The highest BCUT2D eigenvalue weighted by Crippen LogP contribution is 2.22. The van der Waals surface area contributed by atoms with E-state index in [1.165, 1.54) is 0 Å². The molecule has 112 valence electrons. The van der Waals surface area contributed by atoms with E-state index in [1.807, 2.05) is 0 Å². The molecule has 0 amide bonds. The van der Waals surface area contributed by atoms with Crippen molar-refractivity contribution in [1.29, 1.82) is 0 Å². The van der Waals surface area contributed by atoms with Crippen LogP contribution in [0.4, 0.5) is 0 Å². The first-order valence-electron chi connectivity index (χ1n) is 7.35. The molecule has 0 radical (unpaired) electrons. The topological polar surface area (TPSA) is 52.6 Å². The van der Waals surface area contributed by atoms with Crippen LogP contribution in [0.15, 0.2) is 0 Å². The fourth-order valence-corrected chi connectivity index (χ4v) is 2.45. The zero-order valence-corrected chi connectivity index (χ0v) is 13.1. The van der Waals surface area contributed by atoms with Gasteiger partial charge in [-0.25, -0.2) is 0 Å². The largest absolute Gasteiger partial charge is 0.481 e. The Bertz CT molecular complexity index is 300. The maximum Gasteiger partial charge on any atom is 0.309 e. The maximum atomic E-state index is 11.0. The van der Waals surface area contributed by atoms with Gasteiger partial charge >= 0.3 is 5.97 Å². The number of hydrogen-bond acceptors (Lipinski definition) is 3. The quantitative estimate of drug-likeness (QED) is 0.805. The van der Waals surface area contributed by atoms with Gasteiger partial charge in [-0.3, -0.25) is 9.69 Å². The van der Waals surface area contributed by atoms with E-state index < -0.39 is 11.4 Å². The van der Waals surface area contributed by atoms with E-state index in [1.54, 1.807) is 13.8 Å². The van der Waals surface area contributed by atoms with Crippen LogP contribution in [0.5, 0.6) is 0 Å². The van der Waals surface area contributed by atoms with E-state index in [2.05, 4.69) is 31.0 Å². The minimum atomic E-state index is -0.711. The van der Waals surface area contributed by atoms with Crippen LogP contribution in [0.25, 0.3) is 0 Å². The van der Waals surface area contributed by atoms with Gasteiger partial charge < -0.3 is 10.4 Å². The van der Waals surface area contributed by atoms with Crippen LogP contribution in [-0.2, 0) is 4.79 Å². The zero-order chi connectivity index (χ0) is 14.7. The summed E-state index contributed by atoms with van der Waals surface area (Å²) in [4.78, 5) is 13.5. The van der Waals surface area contributed by atoms with E-state index in [-0.39, 0.29) is 5.54 Å². The number of piperidine rings is 1. The fourth-order valence-electron chi connectivity index (χ4n) is 2.45. The third-order valence-electron chi connectivity index (χ3n) is 4.21. The monoisotopic (exact) mass is 270 g/mol. The van der Waals surface area contributed by atoms with Gasteiger partial charge in [0.15, 0.2) is 0 Å². The maximum absolute atomic E-state index is 11.0. The molecule has 19 heavy (non-hydrogen) atoms. The van der Waals surface area contributed by atoms with Gasteiger partial charge in [0.2, 0.25) is 0 Å². The molecule has 0 aromatic heterocycles. The molecule has 4 heteroatoms. The number of nitrogens with zero attached hydrogens (tertiary/aromatic N) is 1. The van der Waals surface area contributed by atoms with Gasteiger partial charge in [-0.05, 0) is 60.4 Å². The molecule has 0 unspecified atom stereocenters.